The fraction of sp³-hybridized carbons (Fsp3) is 0.923. The van der Waals surface area contributed by atoms with Gasteiger partial charge in [-0.3, -0.25) is 4.79 Å². The van der Waals surface area contributed by atoms with Gasteiger partial charge in [0.05, 0.1) is 5.41 Å². The molecule has 0 aliphatic carbocycles. The minimum Gasteiger partial charge on any atom is -0.436 e. The molecular formula is C13H14F10O4. The number of ether oxygens (including phenoxy) is 2. The van der Waals surface area contributed by atoms with Crippen LogP contribution in [0.15, 0.2) is 0 Å². The average Bonchev–Trinajstić information content (AvgIpc) is 2.45. The molecule has 1 N–H and O–H groups in total. The number of hydrogen-bond acceptors (Lipinski definition) is 4. The molecule has 0 amide bonds. The Morgan fingerprint density at radius 2 is 1.48 bits per heavy atom. The Kier molecular flexibility index (Phi) is 5.35. The molecule has 0 saturated carbocycles. The van der Waals surface area contributed by atoms with Gasteiger partial charge < -0.3 is 14.6 Å². The Bertz CT molecular complexity index is 597. The van der Waals surface area contributed by atoms with Crippen molar-refractivity contribution in [1.82, 2.24) is 0 Å². The number of esters is 1. The van der Waals surface area contributed by atoms with E-state index in [9.17, 15) is 48.7 Å². The Hall–Kier alpha value is -1.31. The van der Waals surface area contributed by atoms with Crippen molar-refractivity contribution >= 4 is 5.97 Å². The molecule has 1 fully saturated rings. The summed E-state index contributed by atoms with van der Waals surface area (Å²) in [6.45, 7) is -0.109. The maximum atomic E-state index is 14.3. The van der Waals surface area contributed by atoms with Crippen LogP contribution >= 0.6 is 0 Å². The standard InChI is InChI=1S/C13H14F10O4/c1-4-7(2,3)6(24)27-9(12(18,19)20)8(14,15)5-26-11(25,10(9,16)17)13(21,22)23/h25H,4-5H2,1-3H3. The third kappa shape index (κ3) is 3.04. The SMILES string of the molecule is CCC(C)(C)C(=O)OC1(C(F)(F)F)C(F)(F)COC(O)(C(F)(F)F)C1(F)F. The second-order valence-corrected chi connectivity index (χ2v) is 6.52. The molecule has 0 bridgehead atoms. The van der Waals surface area contributed by atoms with Crippen LogP contribution in [0.5, 0.6) is 0 Å². The van der Waals surface area contributed by atoms with Gasteiger partial charge in [0.15, 0.2) is 0 Å². The second kappa shape index (κ2) is 6.09. The molecule has 160 valence electrons. The van der Waals surface area contributed by atoms with Gasteiger partial charge in [-0.2, -0.15) is 43.9 Å². The highest BCUT2D eigenvalue weighted by atomic mass is 19.4. The molecule has 27 heavy (non-hydrogen) atoms. The fourth-order valence-corrected chi connectivity index (χ4v) is 2.12. The van der Waals surface area contributed by atoms with Crippen LogP contribution in [-0.4, -0.2) is 53.3 Å². The summed E-state index contributed by atoms with van der Waals surface area (Å²) in [5, 5.41) is 9.12. The third-order valence-electron chi connectivity index (χ3n) is 4.31. The number of halogens is 10. The minimum atomic E-state index is -6.93. The van der Waals surface area contributed by atoms with Gasteiger partial charge in [0.2, 0.25) is 0 Å². The summed E-state index contributed by atoms with van der Waals surface area (Å²) in [6, 6.07) is 0. The molecule has 1 aliphatic rings. The first kappa shape index (κ1) is 23.7. The molecule has 1 aliphatic heterocycles. The van der Waals surface area contributed by atoms with Gasteiger partial charge in [-0.1, -0.05) is 6.92 Å². The molecule has 0 aromatic heterocycles. The summed E-state index contributed by atoms with van der Waals surface area (Å²) in [7, 11) is 0. The van der Waals surface area contributed by atoms with Crippen molar-refractivity contribution in [3.8, 4) is 0 Å². The molecular weight excluding hydrogens is 410 g/mol. The Labute approximate surface area is 145 Å². The van der Waals surface area contributed by atoms with Crippen LogP contribution in [0.25, 0.3) is 0 Å². The van der Waals surface area contributed by atoms with E-state index in [0.29, 0.717) is 0 Å². The van der Waals surface area contributed by atoms with Crippen molar-refractivity contribution in [2.45, 2.75) is 62.8 Å². The zero-order chi connectivity index (χ0) is 21.9. The first-order valence-corrected chi connectivity index (χ1v) is 7.13. The van der Waals surface area contributed by atoms with Crippen molar-refractivity contribution in [3.63, 3.8) is 0 Å². The van der Waals surface area contributed by atoms with Crippen molar-refractivity contribution in [3.05, 3.63) is 0 Å². The summed E-state index contributed by atoms with van der Waals surface area (Å²) < 4.78 is 142. The van der Waals surface area contributed by atoms with Crippen molar-refractivity contribution < 1.29 is 63.3 Å². The first-order chi connectivity index (χ1) is 11.6. The van der Waals surface area contributed by atoms with Crippen LogP contribution in [-0.2, 0) is 14.3 Å². The van der Waals surface area contributed by atoms with Crippen LogP contribution in [0, 0.1) is 5.41 Å². The highest BCUT2D eigenvalue weighted by Gasteiger charge is 2.95. The molecule has 1 saturated heterocycles. The molecule has 2 atom stereocenters. The topological polar surface area (TPSA) is 55.8 Å². The predicted octanol–water partition coefficient (Wildman–Crippen LogP) is 3.82. The summed E-state index contributed by atoms with van der Waals surface area (Å²) in [5.41, 5.74) is -8.38. The van der Waals surface area contributed by atoms with Crippen LogP contribution in [0.1, 0.15) is 27.2 Å². The van der Waals surface area contributed by atoms with Crippen molar-refractivity contribution in [1.29, 1.82) is 0 Å². The number of alkyl halides is 10. The number of carbonyl (C=O) groups excluding carboxylic acids is 1. The van der Waals surface area contributed by atoms with E-state index in [1.165, 1.54) is 0 Å². The lowest BCUT2D eigenvalue weighted by molar-refractivity contribution is -0.528. The third-order valence-corrected chi connectivity index (χ3v) is 4.31. The highest BCUT2D eigenvalue weighted by molar-refractivity contribution is 5.76. The summed E-state index contributed by atoms with van der Waals surface area (Å²) in [6.07, 6.45) is -14.0. The van der Waals surface area contributed by atoms with Gasteiger partial charge in [-0.05, 0) is 20.3 Å². The maximum Gasteiger partial charge on any atom is 0.449 e. The Morgan fingerprint density at radius 3 is 1.81 bits per heavy atom. The van der Waals surface area contributed by atoms with E-state index < -0.39 is 60.0 Å². The molecule has 0 aromatic rings. The number of aliphatic hydroxyl groups is 1. The predicted molar refractivity (Wildman–Crippen MR) is 65.8 cm³/mol. The largest absolute Gasteiger partial charge is 0.449 e. The van der Waals surface area contributed by atoms with E-state index in [-0.39, 0.29) is 0 Å². The van der Waals surface area contributed by atoms with E-state index in [1.807, 2.05) is 0 Å². The maximum absolute atomic E-state index is 14.3. The van der Waals surface area contributed by atoms with Gasteiger partial charge in [-0.15, -0.1) is 0 Å². The van der Waals surface area contributed by atoms with Crippen LogP contribution in [0.2, 0.25) is 0 Å². The van der Waals surface area contributed by atoms with Crippen molar-refractivity contribution in [2.75, 3.05) is 6.61 Å². The van der Waals surface area contributed by atoms with Crippen LogP contribution in [0.4, 0.5) is 43.9 Å². The zero-order valence-electron chi connectivity index (χ0n) is 13.9. The summed E-state index contributed by atoms with van der Waals surface area (Å²) in [4.78, 5) is 11.9. The molecule has 14 heteroatoms. The normalized spacial score (nSPS) is 31.5. The van der Waals surface area contributed by atoms with E-state index >= 15 is 0 Å². The second-order valence-electron chi connectivity index (χ2n) is 6.52. The van der Waals surface area contributed by atoms with E-state index in [1.54, 1.807) is 0 Å². The molecule has 4 nitrogen and oxygen atoms in total. The lowest BCUT2D eigenvalue weighted by atomic mass is 9.79. The van der Waals surface area contributed by atoms with E-state index in [4.69, 9.17) is 5.11 Å². The van der Waals surface area contributed by atoms with Gasteiger partial charge in [0.1, 0.15) is 6.61 Å². The Morgan fingerprint density at radius 1 is 1.04 bits per heavy atom. The monoisotopic (exact) mass is 424 g/mol. The first-order valence-electron chi connectivity index (χ1n) is 7.13. The lowest BCUT2D eigenvalue weighted by Crippen LogP contribution is -2.84. The smallest absolute Gasteiger partial charge is 0.436 e. The van der Waals surface area contributed by atoms with E-state index in [0.717, 1.165) is 20.8 Å². The van der Waals surface area contributed by atoms with Crippen LogP contribution in [0.3, 0.4) is 0 Å². The minimum absolute atomic E-state index is 0.392. The van der Waals surface area contributed by atoms with Gasteiger partial charge in [0, 0.05) is 0 Å². The fourth-order valence-electron chi connectivity index (χ4n) is 2.12. The molecule has 0 radical (unpaired) electrons. The molecule has 1 rings (SSSR count). The molecule has 0 spiro atoms. The van der Waals surface area contributed by atoms with Gasteiger partial charge >= 0.3 is 41.6 Å². The van der Waals surface area contributed by atoms with E-state index in [2.05, 4.69) is 9.47 Å². The lowest BCUT2D eigenvalue weighted by Gasteiger charge is -2.53. The number of carbonyl (C=O) groups is 1. The van der Waals surface area contributed by atoms with Crippen molar-refractivity contribution in [2.24, 2.45) is 5.41 Å². The highest BCUT2D eigenvalue weighted by Crippen LogP contribution is 2.63. The van der Waals surface area contributed by atoms with Gasteiger partial charge in [0.25, 0.3) is 0 Å². The number of hydrogen-bond donors (Lipinski definition) is 1. The van der Waals surface area contributed by atoms with Crippen LogP contribution < -0.4 is 0 Å². The molecule has 0 aromatic carbocycles. The summed E-state index contributed by atoms with van der Waals surface area (Å²) >= 11 is 0. The number of rotatable bonds is 3. The Balaban J connectivity index is 3.83. The quantitative estimate of drug-likeness (QED) is 0.553. The molecule has 2 unspecified atom stereocenters. The average molecular weight is 424 g/mol. The zero-order valence-corrected chi connectivity index (χ0v) is 13.9. The molecule has 1 heterocycles. The van der Waals surface area contributed by atoms with Gasteiger partial charge in [-0.25, -0.2) is 0 Å². The summed E-state index contributed by atoms with van der Waals surface area (Å²) in [5.74, 6) is -21.0.